The zero-order valence-corrected chi connectivity index (χ0v) is 15.5. The number of hydrogen-bond donors (Lipinski definition) is 1. The third kappa shape index (κ3) is 5.82. The van der Waals surface area contributed by atoms with Gasteiger partial charge in [0, 0.05) is 6.42 Å². The van der Waals surface area contributed by atoms with Crippen LogP contribution in [0.3, 0.4) is 0 Å². The summed E-state index contributed by atoms with van der Waals surface area (Å²) < 4.78 is 11.0. The molecule has 0 unspecified atom stereocenters. The van der Waals surface area contributed by atoms with E-state index >= 15 is 0 Å². The molecule has 134 valence electrons. The van der Waals surface area contributed by atoms with Gasteiger partial charge in [-0.05, 0) is 56.0 Å². The summed E-state index contributed by atoms with van der Waals surface area (Å²) in [6.45, 7) is 6.52. The zero-order valence-electron chi connectivity index (χ0n) is 15.5. The fourth-order valence-electron chi connectivity index (χ4n) is 2.56. The molecule has 4 nitrogen and oxygen atoms in total. The molecule has 0 heterocycles. The second-order valence-corrected chi connectivity index (χ2v) is 6.35. The molecule has 2 aromatic rings. The van der Waals surface area contributed by atoms with E-state index in [1.54, 1.807) is 7.11 Å². The highest BCUT2D eigenvalue weighted by atomic mass is 16.5. The molecule has 0 spiro atoms. The maximum absolute atomic E-state index is 12.1. The van der Waals surface area contributed by atoms with Crippen molar-refractivity contribution < 1.29 is 14.3 Å². The molecule has 0 saturated heterocycles. The Hall–Kier alpha value is -2.49. The summed E-state index contributed by atoms with van der Waals surface area (Å²) >= 11 is 0. The Bertz CT molecular complexity index is 712. The summed E-state index contributed by atoms with van der Waals surface area (Å²) in [6, 6.07) is 13.8. The smallest absolute Gasteiger partial charge is 0.220 e. The SMILES string of the molecule is COc1ccccc1OC[C@H](C)NC(=O)CCc1ccc(C)c(C)c1. The Balaban J connectivity index is 1.77. The Kier molecular flexibility index (Phi) is 6.87. The van der Waals surface area contributed by atoms with Gasteiger partial charge in [0.25, 0.3) is 0 Å². The average Bonchev–Trinajstić information content (AvgIpc) is 2.61. The fourth-order valence-corrected chi connectivity index (χ4v) is 2.56. The van der Waals surface area contributed by atoms with Crippen molar-refractivity contribution >= 4 is 5.91 Å². The van der Waals surface area contributed by atoms with Gasteiger partial charge >= 0.3 is 0 Å². The molecule has 0 aliphatic carbocycles. The van der Waals surface area contributed by atoms with Crippen LogP contribution < -0.4 is 14.8 Å². The number of rotatable bonds is 8. The van der Waals surface area contributed by atoms with Gasteiger partial charge in [0.15, 0.2) is 11.5 Å². The summed E-state index contributed by atoms with van der Waals surface area (Å²) in [5, 5.41) is 2.98. The molecule has 1 N–H and O–H groups in total. The molecule has 0 aliphatic rings. The van der Waals surface area contributed by atoms with Crippen molar-refractivity contribution in [3.05, 3.63) is 59.2 Å². The highest BCUT2D eigenvalue weighted by Gasteiger charge is 2.10. The molecule has 0 aromatic heterocycles. The summed E-state index contributed by atoms with van der Waals surface area (Å²) in [4.78, 5) is 12.1. The Morgan fingerprint density at radius 1 is 1.08 bits per heavy atom. The highest BCUT2D eigenvalue weighted by Crippen LogP contribution is 2.25. The van der Waals surface area contributed by atoms with Gasteiger partial charge in [0.05, 0.1) is 13.2 Å². The van der Waals surface area contributed by atoms with Crippen LogP contribution in [0.1, 0.15) is 30.0 Å². The fraction of sp³-hybridized carbons (Fsp3) is 0.381. The largest absolute Gasteiger partial charge is 0.493 e. The van der Waals surface area contributed by atoms with E-state index in [-0.39, 0.29) is 11.9 Å². The van der Waals surface area contributed by atoms with Gasteiger partial charge in [-0.2, -0.15) is 0 Å². The van der Waals surface area contributed by atoms with Crippen LogP contribution in [0.2, 0.25) is 0 Å². The van der Waals surface area contributed by atoms with Crippen LogP contribution in [0.5, 0.6) is 11.5 Å². The first kappa shape index (κ1) is 18.8. The molecule has 1 amide bonds. The molecule has 0 bridgehead atoms. The molecule has 0 aliphatic heterocycles. The van der Waals surface area contributed by atoms with E-state index in [2.05, 4.69) is 37.4 Å². The minimum absolute atomic E-state index is 0.0364. The van der Waals surface area contributed by atoms with Crippen LogP contribution in [-0.4, -0.2) is 25.7 Å². The van der Waals surface area contributed by atoms with Crippen LogP contribution in [0.15, 0.2) is 42.5 Å². The number of benzene rings is 2. The number of hydrogen-bond acceptors (Lipinski definition) is 3. The van der Waals surface area contributed by atoms with Gasteiger partial charge in [0.2, 0.25) is 5.91 Å². The van der Waals surface area contributed by atoms with Crippen LogP contribution in [0.4, 0.5) is 0 Å². The van der Waals surface area contributed by atoms with Crippen molar-refractivity contribution in [2.24, 2.45) is 0 Å². The van der Waals surface area contributed by atoms with E-state index in [9.17, 15) is 4.79 Å². The first-order chi connectivity index (χ1) is 12.0. The van der Waals surface area contributed by atoms with E-state index in [0.29, 0.717) is 24.5 Å². The van der Waals surface area contributed by atoms with Crippen molar-refractivity contribution in [1.29, 1.82) is 0 Å². The lowest BCUT2D eigenvalue weighted by Crippen LogP contribution is -2.36. The maximum atomic E-state index is 12.1. The number of carbonyl (C=O) groups is 1. The molecule has 0 radical (unpaired) electrons. The number of nitrogens with one attached hydrogen (secondary N) is 1. The Morgan fingerprint density at radius 3 is 2.48 bits per heavy atom. The zero-order chi connectivity index (χ0) is 18.2. The summed E-state index contributed by atoms with van der Waals surface area (Å²) in [7, 11) is 1.61. The van der Waals surface area contributed by atoms with Gasteiger partial charge in [-0.3, -0.25) is 4.79 Å². The molecule has 2 rings (SSSR count). The lowest BCUT2D eigenvalue weighted by molar-refractivity contribution is -0.121. The molecule has 1 atom stereocenters. The van der Waals surface area contributed by atoms with Crippen molar-refractivity contribution in [2.45, 2.75) is 39.7 Å². The highest BCUT2D eigenvalue weighted by molar-refractivity contribution is 5.76. The molecule has 0 saturated carbocycles. The molecule has 4 heteroatoms. The Morgan fingerprint density at radius 2 is 1.80 bits per heavy atom. The topological polar surface area (TPSA) is 47.6 Å². The molecule has 0 fully saturated rings. The lowest BCUT2D eigenvalue weighted by Gasteiger charge is -2.16. The number of methoxy groups -OCH3 is 1. The third-order valence-corrected chi connectivity index (χ3v) is 4.18. The van der Waals surface area contributed by atoms with Gasteiger partial charge in [-0.1, -0.05) is 30.3 Å². The lowest BCUT2D eigenvalue weighted by atomic mass is 10.0. The van der Waals surface area contributed by atoms with Gasteiger partial charge in [0.1, 0.15) is 6.61 Å². The first-order valence-electron chi connectivity index (χ1n) is 8.61. The van der Waals surface area contributed by atoms with Crippen molar-refractivity contribution in [1.82, 2.24) is 5.32 Å². The molecule has 2 aromatic carbocycles. The number of carbonyl (C=O) groups excluding carboxylic acids is 1. The molecule has 25 heavy (non-hydrogen) atoms. The van der Waals surface area contributed by atoms with E-state index in [4.69, 9.17) is 9.47 Å². The maximum Gasteiger partial charge on any atom is 0.220 e. The predicted molar refractivity (Wildman–Crippen MR) is 100 cm³/mol. The van der Waals surface area contributed by atoms with Crippen LogP contribution in [0, 0.1) is 13.8 Å². The predicted octanol–water partition coefficient (Wildman–Crippen LogP) is 3.83. The van der Waals surface area contributed by atoms with Crippen molar-refractivity contribution in [3.63, 3.8) is 0 Å². The summed E-state index contributed by atoms with van der Waals surface area (Å²) in [5.41, 5.74) is 3.72. The van der Waals surface area contributed by atoms with E-state index in [1.165, 1.54) is 16.7 Å². The number of ether oxygens (including phenoxy) is 2. The Labute approximate surface area is 150 Å². The van der Waals surface area contributed by atoms with Gasteiger partial charge in [-0.25, -0.2) is 0 Å². The minimum Gasteiger partial charge on any atom is -0.493 e. The standard InChI is InChI=1S/C21H27NO3/c1-15-9-10-18(13-16(15)2)11-12-21(23)22-17(3)14-25-20-8-6-5-7-19(20)24-4/h5-10,13,17H,11-12,14H2,1-4H3,(H,22,23)/t17-/m0/s1. The van der Waals surface area contributed by atoms with Crippen molar-refractivity contribution in [3.8, 4) is 11.5 Å². The normalized spacial score (nSPS) is 11.7. The summed E-state index contributed by atoms with van der Waals surface area (Å²) in [5.74, 6) is 1.41. The second-order valence-electron chi connectivity index (χ2n) is 6.35. The number of para-hydroxylation sites is 2. The monoisotopic (exact) mass is 341 g/mol. The summed E-state index contributed by atoms with van der Waals surface area (Å²) in [6.07, 6.45) is 1.22. The van der Waals surface area contributed by atoms with E-state index in [1.807, 2.05) is 31.2 Å². The van der Waals surface area contributed by atoms with Crippen LogP contribution in [0.25, 0.3) is 0 Å². The van der Waals surface area contributed by atoms with E-state index in [0.717, 1.165) is 6.42 Å². The second kappa shape index (κ2) is 9.11. The van der Waals surface area contributed by atoms with Gasteiger partial charge < -0.3 is 14.8 Å². The van der Waals surface area contributed by atoms with Gasteiger partial charge in [-0.15, -0.1) is 0 Å². The average molecular weight is 341 g/mol. The number of aryl methyl sites for hydroxylation is 3. The van der Waals surface area contributed by atoms with E-state index < -0.39 is 0 Å². The van der Waals surface area contributed by atoms with Crippen LogP contribution in [-0.2, 0) is 11.2 Å². The third-order valence-electron chi connectivity index (χ3n) is 4.18. The minimum atomic E-state index is -0.0721. The molecular formula is C21H27NO3. The van der Waals surface area contributed by atoms with Crippen molar-refractivity contribution in [2.75, 3.05) is 13.7 Å². The quantitative estimate of drug-likeness (QED) is 0.794. The number of amides is 1. The van der Waals surface area contributed by atoms with Crippen LogP contribution >= 0.6 is 0 Å². The molecular weight excluding hydrogens is 314 g/mol. The first-order valence-corrected chi connectivity index (χ1v) is 8.61.